The average Bonchev–Trinajstić information content (AvgIpc) is 2.85. The van der Waals surface area contributed by atoms with E-state index in [9.17, 15) is 4.79 Å². The lowest BCUT2D eigenvalue weighted by Crippen LogP contribution is -1.99. The summed E-state index contributed by atoms with van der Waals surface area (Å²) >= 11 is 0. The molecule has 0 saturated heterocycles. The van der Waals surface area contributed by atoms with Gasteiger partial charge in [0.25, 0.3) is 0 Å². The number of esters is 1. The van der Waals surface area contributed by atoms with E-state index in [1.54, 1.807) is 13.0 Å². The van der Waals surface area contributed by atoms with Crippen molar-refractivity contribution in [2.24, 2.45) is 0 Å². The van der Waals surface area contributed by atoms with Crippen molar-refractivity contribution in [2.45, 2.75) is 34.2 Å². The Balaban J connectivity index is 2.36. The number of fused-ring (bicyclic) bond motifs is 1. The predicted molar refractivity (Wildman–Crippen MR) is 72.8 cm³/mol. The van der Waals surface area contributed by atoms with Crippen LogP contribution in [0.15, 0.2) is 10.5 Å². The Morgan fingerprint density at radius 3 is 2.74 bits per heavy atom. The van der Waals surface area contributed by atoms with Crippen LogP contribution in [0.4, 0.5) is 0 Å². The highest BCUT2D eigenvalue weighted by atomic mass is 16.5. The van der Waals surface area contributed by atoms with Gasteiger partial charge in [-0.1, -0.05) is 0 Å². The number of hydrogen-bond acceptors (Lipinski definition) is 4. The molecule has 0 radical (unpaired) electrons. The Hall–Kier alpha value is -2.04. The van der Waals surface area contributed by atoms with Crippen LogP contribution in [0.1, 0.15) is 30.9 Å². The van der Waals surface area contributed by atoms with Crippen molar-refractivity contribution in [1.29, 1.82) is 0 Å². The van der Waals surface area contributed by atoms with Gasteiger partial charge in [-0.05, 0) is 33.8 Å². The van der Waals surface area contributed by atoms with Crippen LogP contribution < -0.4 is 0 Å². The average molecular weight is 262 g/mol. The first kappa shape index (κ1) is 13.4. The molecule has 2 aromatic rings. The monoisotopic (exact) mass is 262 g/mol. The number of ether oxygens (including phenoxy) is 1. The second-order valence-electron chi connectivity index (χ2n) is 4.26. The van der Waals surface area contributed by atoms with Crippen LogP contribution in [0.5, 0.6) is 0 Å². The summed E-state index contributed by atoms with van der Waals surface area (Å²) in [5.41, 5.74) is 2.68. The largest absolute Gasteiger partial charge is 0.463 e. The summed E-state index contributed by atoms with van der Waals surface area (Å²) in [7, 11) is 0. The predicted octanol–water partition coefficient (Wildman–Crippen LogP) is 2.84. The molecule has 0 aliphatic heterocycles. The van der Waals surface area contributed by atoms with Gasteiger partial charge in [-0.25, -0.2) is 4.79 Å². The highest BCUT2D eigenvalue weighted by molar-refractivity contribution is 5.89. The van der Waals surface area contributed by atoms with E-state index >= 15 is 0 Å². The van der Waals surface area contributed by atoms with E-state index in [1.165, 1.54) is 6.08 Å². The molecule has 102 valence electrons. The van der Waals surface area contributed by atoms with Crippen molar-refractivity contribution in [3.05, 3.63) is 23.1 Å². The normalized spacial score (nSPS) is 11.6. The molecule has 5 heteroatoms. The van der Waals surface area contributed by atoms with Crippen LogP contribution in [0.3, 0.4) is 0 Å². The van der Waals surface area contributed by atoms with Gasteiger partial charge in [-0.2, -0.15) is 0 Å². The van der Waals surface area contributed by atoms with Crippen molar-refractivity contribution < 1.29 is 13.9 Å². The third kappa shape index (κ3) is 2.41. The number of rotatable bonds is 4. The summed E-state index contributed by atoms with van der Waals surface area (Å²) in [6.45, 7) is 8.96. The van der Waals surface area contributed by atoms with Crippen LogP contribution in [-0.2, 0) is 16.1 Å². The van der Waals surface area contributed by atoms with Gasteiger partial charge in [0.15, 0.2) is 0 Å². The number of carbonyl (C=O) groups excluding carboxylic acids is 1. The number of carbonyl (C=O) groups is 1. The van der Waals surface area contributed by atoms with Gasteiger partial charge in [-0.15, -0.1) is 5.10 Å². The number of furan rings is 1. The molecular formula is C14H18N2O3. The summed E-state index contributed by atoms with van der Waals surface area (Å²) < 4.78 is 12.4. The van der Waals surface area contributed by atoms with Gasteiger partial charge in [0.05, 0.1) is 12.0 Å². The Morgan fingerprint density at radius 2 is 2.16 bits per heavy atom. The van der Waals surface area contributed by atoms with Gasteiger partial charge in [0, 0.05) is 23.9 Å². The summed E-state index contributed by atoms with van der Waals surface area (Å²) in [6, 6.07) is 0. The smallest absolute Gasteiger partial charge is 0.330 e. The molecule has 0 saturated carbocycles. The second-order valence-corrected chi connectivity index (χ2v) is 4.26. The fourth-order valence-electron chi connectivity index (χ4n) is 2.13. The topological polar surface area (TPSA) is 57.3 Å². The summed E-state index contributed by atoms with van der Waals surface area (Å²) in [5, 5.41) is 5.39. The highest BCUT2D eigenvalue weighted by Crippen LogP contribution is 2.28. The minimum atomic E-state index is -0.369. The van der Waals surface area contributed by atoms with E-state index in [1.807, 2.05) is 25.5 Å². The minimum Gasteiger partial charge on any atom is -0.463 e. The van der Waals surface area contributed by atoms with Crippen molar-refractivity contribution >= 4 is 23.1 Å². The zero-order valence-electron chi connectivity index (χ0n) is 11.7. The lowest BCUT2D eigenvalue weighted by atomic mass is 10.1. The molecule has 0 unspecified atom stereocenters. The Labute approximate surface area is 111 Å². The van der Waals surface area contributed by atoms with E-state index in [2.05, 4.69) is 5.10 Å². The number of aromatic nitrogens is 2. The fourth-order valence-corrected chi connectivity index (χ4v) is 2.13. The van der Waals surface area contributed by atoms with E-state index in [0.717, 1.165) is 23.2 Å². The second kappa shape index (κ2) is 5.30. The molecule has 2 heterocycles. The van der Waals surface area contributed by atoms with Gasteiger partial charge in [0.1, 0.15) is 5.76 Å². The zero-order chi connectivity index (χ0) is 14.0. The molecule has 0 spiro atoms. The van der Waals surface area contributed by atoms with Crippen molar-refractivity contribution in [3.63, 3.8) is 0 Å². The number of hydrogen-bond donors (Lipinski definition) is 0. The fraction of sp³-hybridized carbons (Fsp3) is 0.429. The first-order chi connectivity index (χ1) is 9.08. The van der Waals surface area contributed by atoms with Crippen molar-refractivity contribution in [2.75, 3.05) is 6.61 Å². The van der Waals surface area contributed by atoms with Crippen molar-refractivity contribution in [3.8, 4) is 0 Å². The van der Waals surface area contributed by atoms with Crippen LogP contribution >= 0.6 is 0 Å². The molecule has 0 fully saturated rings. The Kier molecular flexibility index (Phi) is 3.74. The third-order valence-corrected chi connectivity index (χ3v) is 3.08. The van der Waals surface area contributed by atoms with E-state index in [4.69, 9.17) is 9.15 Å². The third-order valence-electron chi connectivity index (χ3n) is 3.08. The highest BCUT2D eigenvalue weighted by Gasteiger charge is 2.16. The molecule has 5 nitrogen and oxygen atoms in total. The van der Waals surface area contributed by atoms with Crippen LogP contribution in [-0.4, -0.2) is 22.4 Å². The minimum absolute atomic E-state index is 0.366. The summed E-state index contributed by atoms with van der Waals surface area (Å²) in [4.78, 5) is 11.3. The van der Waals surface area contributed by atoms with Crippen molar-refractivity contribution in [1.82, 2.24) is 9.78 Å². The molecular weight excluding hydrogens is 244 g/mol. The quantitative estimate of drug-likeness (QED) is 0.628. The molecule has 2 rings (SSSR count). The maximum absolute atomic E-state index is 11.3. The molecule has 0 N–H and O–H groups in total. The summed E-state index contributed by atoms with van der Waals surface area (Å²) in [6.07, 6.45) is 3.00. The molecule has 0 aromatic carbocycles. The lowest BCUT2D eigenvalue weighted by molar-refractivity contribution is -0.137. The van der Waals surface area contributed by atoms with Crippen LogP contribution in [0.25, 0.3) is 17.2 Å². The first-order valence-electron chi connectivity index (χ1n) is 6.39. The molecule has 0 bridgehead atoms. The standard InChI is InChI=1S/C14H18N2O3/c1-5-16-10(4)13-9(3)11(19-14(13)15-16)7-8-12(17)18-6-2/h7-8H,5-6H2,1-4H3/b8-7+. The van der Waals surface area contributed by atoms with Crippen LogP contribution in [0.2, 0.25) is 0 Å². The number of aryl methyl sites for hydroxylation is 3. The molecule has 0 atom stereocenters. The molecule has 19 heavy (non-hydrogen) atoms. The van der Waals surface area contributed by atoms with Gasteiger partial charge in [0.2, 0.25) is 5.71 Å². The lowest BCUT2D eigenvalue weighted by Gasteiger charge is -1.98. The van der Waals surface area contributed by atoms with E-state index in [-0.39, 0.29) is 5.97 Å². The van der Waals surface area contributed by atoms with E-state index < -0.39 is 0 Å². The Morgan fingerprint density at radius 1 is 1.42 bits per heavy atom. The molecule has 0 aliphatic carbocycles. The van der Waals surface area contributed by atoms with Gasteiger partial charge >= 0.3 is 5.97 Å². The summed E-state index contributed by atoms with van der Waals surface area (Å²) in [5.74, 6) is 0.281. The first-order valence-corrected chi connectivity index (χ1v) is 6.39. The zero-order valence-corrected chi connectivity index (χ0v) is 11.7. The van der Waals surface area contributed by atoms with Gasteiger partial charge in [-0.3, -0.25) is 4.68 Å². The SMILES string of the molecule is CCOC(=O)/C=C/c1oc2nn(CC)c(C)c2c1C. The Bertz CT molecular complexity index is 635. The molecule has 0 aliphatic rings. The number of nitrogens with zero attached hydrogens (tertiary/aromatic N) is 2. The van der Waals surface area contributed by atoms with Gasteiger partial charge < -0.3 is 9.15 Å². The van der Waals surface area contributed by atoms with E-state index in [0.29, 0.717) is 18.1 Å². The maximum atomic E-state index is 11.3. The van der Waals surface area contributed by atoms with Crippen LogP contribution in [0, 0.1) is 13.8 Å². The molecule has 0 amide bonds. The maximum Gasteiger partial charge on any atom is 0.330 e. The molecule has 2 aromatic heterocycles.